The lowest BCUT2D eigenvalue weighted by molar-refractivity contribution is 0.0268. The average Bonchev–Trinajstić information content (AvgIpc) is 2.92. The van der Waals surface area contributed by atoms with Gasteiger partial charge in [0.25, 0.3) is 0 Å². The number of aliphatic imine (C=N–C) groups is 1. The van der Waals surface area contributed by atoms with Crippen LogP contribution in [0.5, 0.6) is 0 Å². The molecule has 0 saturated carbocycles. The van der Waals surface area contributed by atoms with Gasteiger partial charge in [-0.2, -0.15) is 11.3 Å². The van der Waals surface area contributed by atoms with Crippen LogP contribution in [0.25, 0.3) is 0 Å². The zero-order valence-electron chi connectivity index (χ0n) is 12.9. The Morgan fingerprint density at radius 1 is 1.45 bits per heavy atom. The predicted octanol–water partition coefficient (Wildman–Crippen LogP) is 3.06. The van der Waals surface area contributed by atoms with E-state index in [0.29, 0.717) is 5.92 Å². The second-order valence-electron chi connectivity index (χ2n) is 5.23. The van der Waals surface area contributed by atoms with Gasteiger partial charge in [-0.3, -0.25) is 4.99 Å². The third kappa shape index (κ3) is 6.90. The van der Waals surface area contributed by atoms with Gasteiger partial charge in [0, 0.05) is 27.2 Å². The summed E-state index contributed by atoms with van der Waals surface area (Å²) in [6.45, 7) is 7.88. The molecule has 2 N–H and O–H groups in total. The molecule has 0 radical (unpaired) electrons. The largest absolute Gasteiger partial charge is 0.377 e. The van der Waals surface area contributed by atoms with Crippen molar-refractivity contribution in [3.05, 3.63) is 22.4 Å². The Morgan fingerprint density at radius 2 is 2.15 bits per heavy atom. The first-order valence-corrected chi connectivity index (χ1v) is 7.44. The van der Waals surface area contributed by atoms with Crippen LogP contribution in [0, 0.1) is 0 Å². The fourth-order valence-electron chi connectivity index (χ4n) is 1.51. The molecule has 0 amide bonds. The van der Waals surface area contributed by atoms with Gasteiger partial charge in [-0.15, -0.1) is 24.0 Å². The van der Waals surface area contributed by atoms with Gasteiger partial charge in [0.2, 0.25) is 0 Å². The summed E-state index contributed by atoms with van der Waals surface area (Å²) in [7, 11) is 3.50. The van der Waals surface area contributed by atoms with Crippen LogP contribution in [0.15, 0.2) is 21.8 Å². The number of methoxy groups -OCH3 is 1. The number of thiophene rings is 1. The molecule has 1 atom stereocenters. The number of rotatable bonds is 6. The fraction of sp³-hybridized carbons (Fsp3) is 0.643. The van der Waals surface area contributed by atoms with Gasteiger partial charge in [-0.05, 0) is 42.2 Å². The van der Waals surface area contributed by atoms with E-state index >= 15 is 0 Å². The molecule has 116 valence electrons. The van der Waals surface area contributed by atoms with Crippen LogP contribution in [0.1, 0.15) is 32.3 Å². The van der Waals surface area contributed by atoms with Crippen molar-refractivity contribution in [3.8, 4) is 0 Å². The van der Waals surface area contributed by atoms with Crippen molar-refractivity contribution in [2.45, 2.75) is 32.3 Å². The minimum atomic E-state index is -0.198. The molecule has 1 aromatic heterocycles. The Morgan fingerprint density at radius 3 is 2.65 bits per heavy atom. The lowest BCUT2D eigenvalue weighted by atomic mass is 10.1. The molecule has 1 unspecified atom stereocenters. The average molecular weight is 411 g/mol. The second kappa shape index (κ2) is 9.57. The molecule has 1 rings (SSSR count). The summed E-state index contributed by atoms with van der Waals surface area (Å²) in [5.74, 6) is 1.28. The molecule has 6 heteroatoms. The van der Waals surface area contributed by atoms with Crippen molar-refractivity contribution in [1.29, 1.82) is 0 Å². The highest BCUT2D eigenvalue weighted by atomic mass is 127. The van der Waals surface area contributed by atoms with E-state index in [1.54, 1.807) is 25.5 Å². The third-order valence-electron chi connectivity index (χ3n) is 3.15. The van der Waals surface area contributed by atoms with Crippen molar-refractivity contribution >= 4 is 41.3 Å². The maximum absolute atomic E-state index is 5.37. The van der Waals surface area contributed by atoms with Crippen LogP contribution in [0.3, 0.4) is 0 Å². The van der Waals surface area contributed by atoms with Crippen LogP contribution in [0.4, 0.5) is 0 Å². The minimum absolute atomic E-state index is 0. The van der Waals surface area contributed by atoms with E-state index in [4.69, 9.17) is 4.74 Å². The SMILES string of the molecule is CN=C(NCC(C)c1ccsc1)NCC(C)(C)OC.I. The minimum Gasteiger partial charge on any atom is -0.377 e. The number of nitrogens with zero attached hydrogens (tertiary/aromatic N) is 1. The van der Waals surface area contributed by atoms with E-state index in [9.17, 15) is 0 Å². The third-order valence-corrected chi connectivity index (χ3v) is 3.85. The second-order valence-corrected chi connectivity index (χ2v) is 6.01. The highest BCUT2D eigenvalue weighted by Gasteiger charge is 2.16. The highest BCUT2D eigenvalue weighted by molar-refractivity contribution is 14.0. The first-order chi connectivity index (χ1) is 8.98. The lowest BCUT2D eigenvalue weighted by Gasteiger charge is -2.24. The van der Waals surface area contributed by atoms with Crippen LogP contribution in [0.2, 0.25) is 0 Å². The van der Waals surface area contributed by atoms with Gasteiger partial charge in [-0.25, -0.2) is 0 Å². The molecule has 0 saturated heterocycles. The van der Waals surface area contributed by atoms with Crippen molar-refractivity contribution in [1.82, 2.24) is 10.6 Å². The van der Waals surface area contributed by atoms with E-state index in [1.807, 2.05) is 13.8 Å². The summed E-state index contributed by atoms with van der Waals surface area (Å²) in [6, 6.07) is 2.17. The van der Waals surface area contributed by atoms with Gasteiger partial charge in [0.1, 0.15) is 0 Å². The summed E-state index contributed by atoms with van der Waals surface area (Å²) in [4.78, 5) is 4.22. The highest BCUT2D eigenvalue weighted by Crippen LogP contribution is 2.16. The zero-order chi connectivity index (χ0) is 14.3. The Hall–Kier alpha value is -0.340. The molecule has 1 aromatic rings. The summed E-state index contributed by atoms with van der Waals surface area (Å²) >= 11 is 1.73. The molecule has 0 aromatic carbocycles. The van der Waals surface area contributed by atoms with E-state index in [0.717, 1.165) is 19.0 Å². The normalized spacial score (nSPS) is 13.6. The first-order valence-electron chi connectivity index (χ1n) is 6.50. The molecule has 0 fully saturated rings. The van der Waals surface area contributed by atoms with E-state index in [1.165, 1.54) is 5.56 Å². The van der Waals surface area contributed by atoms with Crippen LogP contribution in [-0.2, 0) is 4.74 Å². The molecule has 0 aliphatic carbocycles. The van der Waals surface area contributed by atoms with Crippen molar-refractivity contribution in [2.24, 2.45) is 4.99 Å². The number of hydrogen-bond acceptors (Lipinski definition) is 3. The van der Waals surface area contributed by atoms with Crippen LogP contribution >= 0.6 is 35.3 Å². The van der Waals surface area contributed by atoms with Crippen molar-refractivity contribution < 1.29 is 4.74 Å². The van der Waals surface area contributed by atoms with Gasteiger partial charge in [0.15, 0.2) is 5.96 Å². The summed E-state index contributed by atoms with van der Waals surface area (Å²) in [5.41, 5.74) is 1.17. The molecule has 20 heavy (non-hydrogen) atoms. The first kappa shape index (κ1) is 19.7. The Labute approximate surface area is 143 Å². The predicted molar refractivity (Wildman–Crippen MR) is 98.6 cm³/mol. The molecule has 0 spiro atoms. The van der Waals surface area contributed by atoms with Crippen LogP contribution < -0.4 is 10.6 Å². The Kier molecular flexibility index (Phi) is 9.41. The summed E-state index contributed by atoms with van der Waals surface area (Å²) in [6.07, 6.45) is 0. The van der Waals surface area contributed by atoms with E-state index < -0.39 is 0 Å². The molecule has 4 nitrogen and oxygen atoms in total. The number of nitrogens with one attached hydrogen (secondary N) is 2. The molecule has 1 heterocycles. The molecular formula is C14H26IN3OS. The maximum Gasteiger partial charge on any atom is 0.191 e. The standard InChI is InChI=1S/C14H25N3OS.HI/c1-11(12-6-7-19-9-12)8-16-13(15-4)17-10-14(2,3)18-5;/h6-7,9,11H,8,10H2,1-5H3,(H2,15,16,17);1H. The van der Waals surface area contributed by atoms with Gasteiger partial charge >= 0.3 is 0 Å². The Bertz CT molecular complexity index is 393. The topological polar surface area (TPSA) is 45.7 Å². The maximum atomic E-state index is 5.37. The molecular weight excluding hydrogens is 385 g/mol. The van der Waals surface area contributed by atoms with E-state index in [2.05, 4.69) is 39.4 Å². The zero-order valence-corrected chi connectivity index (χ0v) is 16.0. The quantitative estimate of drug-likeness (QED) is 0.430. The summed E-state index contributed by atoms with van der Waals surface area (Å²) in [5, 5.41) is 10.9. The molecule has 0 bridgehead atoms. The van der Waals surface area contributed by atoms with Crippen molar-refractivity contribution in [2.75, 3.05) is 27.2 Å². The van der Waals surface area contributed by atoms with Gasteiger partial charge in [0.05, 0.1) is 5.60 Å². The monoisotopic (exact) mass is 411 g/mol. The Balaban J connectivity index is 0.00000361. The smallest absolute Gasteiger partial charge is 0.191 e. The molecule has 0 aliphatic rings. The number of halogens is 1. The molecule has 0 aliphatic heterocycles. The van der Waals surface area contributed by atoms with E-state index in [-0.39, 0.29) is 29.6 Å². The number of ether oxygens (including phenoxy) is 1. The number of hydrogen-bond donors (Lipinski definition) is 2. The van der Waals surface area contributed by atoms with Crippen molar-refractivity contribution in [3.63, 3.8) is 0 Å². The van der Waals surface area contributed by atoms with Crippen LogP contribution in [-0.4, -0.2) is 38.8 Å². The lowest BCUT2D eigenvalue weighted by Crippen LogP contribution is -2.46. The van der Waals surface area contributed by atoms with Gasteiger partial charge in [-0.1, -0.05) is 6.92 Å². The van der Waals surface area contributed by atoms with Gasteiger partial charge < -0.3 is 15.4 Å². The number of guanidine groups is 1. The summed E-state index contributed by atoms with van der Waals surface area (Å²) < 4.78 is 5.37. The fourth-order valence-corrected chi connectivity index (χ4v) is 2.29.